The SMILES string of the molecule is C[SiH2]O.O=C(O)[C@@H]1CCCN1O. The molecule has 1 aliphatic rings. The third-order valence-corrected chi connectivity index (χ3v) is 1.51. The van der Waals surface area contributed by atoms with Crippen molar-refractivity contribution in [1.82, 2.24) is 5.06 Å². The van der Waals surface area contributed by atoms with Crippen molar-refractivity contribution >= 4 is 15.7 Å². The van der Waals surface area contributed by atoms with Gasteiger partial charge in [0.1, 0.15) is 6.04 Å². The maximum Gasteiger partial charge on any atom is 0.323 e. The lowest BCUT2D eigenvalue weighted by molar-refractivity contribution is -0.160. The monoisotopic (exact) mass is 193 g/mol. The normalized spacial score (nSPS) is 24.1. The van der Waals surface area contributed by atoms with E-state index in [2.05, 4.69) is 0 Å². The number of carboxylic acids is 1. The van der Waals surface area contributed by atoms with Crippen LogP contribution in [-0.4, -0.2) is 48.5 Å². The van der Waals surface area contributed by atoms with Gasteiger partial charge in [0, 0.05) is 6.54 Å². The molecule has 0 aromatic heterocycles. The van der Waals surface area contributed by atoms with Crippen LogP contribution in [0.25, 0.3) is 0 Å². The molecule has 0 spiro atoms. The predicted molar refractivity (Wildman–Crippen MR) is 45.8 cm³/mol. The van der Waals surface area contributed by atoms with Gasteiger partial charge in [0.15, 0.2) is 9.76 Å². The fourth-order valence-electron chi connectivity index (χ4n) is 1.00. The number of carboxylic acid groups (broad SMARTS) is 1. The average molecular weight is 193 g/mol. The zero-order valence-electron chi connectivity index (χ0n) is 7.10. The molecule has 1 atom stereocenters. The molecular weight excluding hydrogens is 178 g/mol. The molecule has 0 radical (unpaired) electrons. The van der Waals surface area contributed by atoms with Gasteiger partial charge < -0.3 is 15.1 Å². The summed E-state index contributed by atoms with van der Waals surface area (Å²) in [6, 6.07) is -0.662. The smallest absolute Gasteiger partial charge is 0.323 e. The van der Waals surface area contributed by atoms with Crippen LogP contribution in [0.1, 0.15) is 12.8 Å². The van der Waals surface area contributed by atoms with E-state index in [0.29, 0.717) is 13.0 Å². The standard InChI is InChI=1S/C5H9NO3.CH6OSi/c7-5(8)4-2-1-3-6(4)9;1-3-2/h4,9H,1-3H2,(H,7,8);2H,3H2,1H3/t4-;/m0./s1. The maximum absolute atomic E-state index is 10.2. The van der Waals surface area contributed by atoms with E-state index in [1.807, 2.05) is 6.55 Å². The second-order valence-electron chi connectivity index (χ2n) is 2.48. The summed E-state index contributed by atoms with van der Waals surface area (Å²) in [6.07, 6.45) is 1.33. The third kappa shape index (κ3) is 3.81. The second kappa shape index (κ2) is 6.12. The first kappa shape index (κ1) is 11.6. The van der Waals surface area contributed by atoms with E-state index >= 15 is 0 Å². The molecule has 72 valence electrons. The highest BCUT2D eigenvalue weighted by Crippen LogP contribution is 2.13. The molecule has 1 saturated heterocycles. The van der Waals surface area contributed by atoms with Gasteiger partial charge in [-0.3, -0.25) is 4.79 Å². The van der Waals surface area contributed by atoms with Crippen LogP contribution >= 0.6 is 0 Å². The average Bonchev–Trinajstić information content (AvgIpc) is 2.36. The van der Waals surface area contributed by atoms with Crippen molar-refractivity contribution in [3.05, 3.63) is 0 Å². The molecule has 1 fully saturated rings. The lowest BCUT2D eigenvalue weighted by Crippen LogP contribution is -2.32. The first-order valence-corrected chi connectivity index (χ1v) is 5.97. The Hall–Kier alpha value is -0.433. The molecule has 3 N–H and O–H groups in total. The van der Waals surface area contributed by atoms with Gasteiger partial charge in [-0.2, -0.15) is 5.06 Å². The quantitative estimate of drug-likeness (QED) is 0.467. The highest BCUT2D eigenvalue weighted by Gasteiger charge is 2.28. The van der Waals surface area contributed by atoms with E-state index in [1.54, 1.807) is 0 Å². The minimum atomic E-state index is -0.935. The minimum Gasteiger partial charge on any atom is -0.480 e. The van der Waals surface area contributed by atoms with Crippen LogP contribution in [-0.2, 0) is 4.79 Å². The number of hydrogen-bond donors (Lipinski definition) is 3. The van der Waals surface area contributed by atoms with E-state index in [1.165, 1.54) is 0 Å². The molecule has 1 heterocycles. The molecule has 0 bridgehead atoms. The van der Waals surface area contributed by atoms with E-state index in [-0.39, 0.29) is 0 Å². The van der Waals surface area contributed by atoms with Crippen LogP contribution in [0.4, 0.5) is 0 Å². The molecule has 0 aromatic rings. The Morgan fingerprint density at radius 2 is 2.17 bits per heavy atom. The Morgan fingerprint density at radius 3 is 2.33 bits per heavy atom. The molecule has 0 aliphatic carbocycles. The largest absolute Gasteiger partial charge is 0.480 e. The summed E-state index contributed by atoms with van der Waals surface area (Å²) in [5.41, 5.74) is 0. The molecule has 5 nitrogen and oxygen atoms in total. The second-order valence-corrected chi connectivity index (χ2v) is 3.11. The molecule has 0 aromatic carbocycles. The number of carbonyl (C=O) groups is 1. The first-order chi connectivity index (χ1) is 5.63. The van der Waals surface area contributed by atoms with Gasteiger partial charge in [0.25, 0.3) is 0 Å². The van der Waals surface area contributed by atoms with E-state index in [9.17, 15) is 4.79 Å². The predicted octanol–water partition coefficient (Wildman–Crippen LogP) is -0.965. The maximum atomic E-state index is 10.2. The van der Waals surface area contributed by atoms with Crippen molar-refractivity contribution in [2.24, 2.45) is 0 Å². The van der Waals surface area contributed by atoms with Gasteiger partial charge >= 0.3 is 5.97 Å². The van der Waals surface area contributed by atoms with Crippen molar-refractivity contribution in [3.8, 4) is 0 Å². The van der Waals surface area contributed by atoms with Crippen LogP contribution in [0.3, 0.4) is 0 Å². The minimum absolute atomic E-state index is 0.483. The van der Waals surface area contributed by atoms with Gasteiger partial charge in [-0.25, -0.2) is 0 Å². The Kier molecular flexibility index (Phi) is 5.90. The number of aliphatic carboxylic acids is 1. The van der Waals surface area contributed by atoms with Crippen molar-refractivity contribution in [2.45, 2.75) is 25.4 Å². The van der Waals surface area contributed by atoms with E-state index < -0.39 is 21.8 Å². The molecule has 0 saturated carbocycles. The molecular formula is C6H15NO4Si. The lowest BCUT2D eigenvalue weighted by atomic mass is 10.2. The molecule has 12 heavy (non-hydrogen) atoms. The fraction of sp³-hybridized carbons (Fsp3) is 0.833. The molecule has 1 rings (SSSR count). The fourth-order valence-corrected chi connectivity index (χ4v) is 1.00. The molecule has 0 unspecified atom stereocenters. The summed E-state index contributed by atoms with van der Waals surface area (Å²) < 4.78 is 0. The first-order valence-electron chi connectivity index (χ1n) is 3.92. The molecule has 0 amide bonds. The number of rotatable bonds is 1. The third-order valence-electron chi connectivity index (χ3n) is 1.51. The zero-order valence-corrected chi connectivity index (χ0v) is 8.52. The van der Waals surface area contributed by atoms with Gasteiger partial charge in [-0.05, 0) is 12.8 Å². The summed E-state index contributed by atoms with van der Waals surface area (Å²) in [6.45, 7) is 2.30. The summed E-state index contributed by atoms with van der Waals surface area (Å²) in [7, 11) is -0.583. The summed E-state index contributed by atoms with van der Waals surface area (Å²) in [4.78, 5) is 17.9. The topological polar surface area (TPSA) is 81.0 Å². The van der Waals surface area contributed by atoms with Crippen LogP contribution in [0.2, 0.25) is 6.55 Å². The van der Waals surface area contributed by atoms with Gasteiger partial charge in [-0.1, -0.05) is 6.55 Å². The summed E-state index contributed by atoms with van der Waals surface area (Å²) >= 11 is 0. The Balaban J connectivity index is 0.000000354. The highest BCUT2D eigenvalue weighted by atomic mass is 28.2. The lowest BCUT2D eigenvalue weighted by Gasteiger charge is -2.11. The van der Waals surface area contributed by atoms with Crippen molar-refractivity contribution in [3.63, 3.8) is 0 Å². The van der Waals surface area contributed by atoms with E-state index in [0.717, 1.165) is 11.5 Å². The molecule has 6 heteroatoms. The van der Waals surface area contributed by atoms with Crippen molar-refractivity contribution < 1.29 is 19.9 Å². The van der Waals surface area contributed by atoms with Crippen LogP contribution in [0.5, 0.6) is 0 Å². The summed E-state index contributed by atoms with van der Waals surface area (Å²) in [5.74, 6) is -0.935. The Labute approximate surface area is 73.5 Å². The Morgan fingerprint density at radius 1 is 1.67 bits per heavy atom. The summed E-state index contributed by atoms with van der Waals surface area (Å²) in [5, 5.41) is 18.1. The van der Waals surface area contributed by atoms with Crippen LogP contribution in [0, 0.1) is 0 Å². The zero-order chi connectivity index (χ0) is 9.56. The molecule has 1 aliphatic heterocycles. The number of nitrogens with zero attached hydrogens (tertiary/aromatic N) is 1. The van der Waals surface area contributed by atoms with Crippen LogP contribution < -0.4 is 0 Å². The van der Waals surface area contributed by atoms with Crippen molar-refractivity contribution in [1.29, 1.82) is 0 Å². The van der Waals surface area contributed by atoms with Gasteiger partial charge in [-0.15, -0.1) is 0 Å². The van der Waals surface area contributed by atoms with Crippen LogP contribution in [0.15, 0.2) is 0 Å². The van der Waals surface area contributed by atoms with Gasteiger partial charge in [0.05, 0.1) is 0 Å². The van der Waals surface area contributed by atoms with E-state index in [4.69, 9.17) is 15.1 Å². The van der Waals surface area contributed by atoms with Crippen molar-refractivity contribution in [2.75, 3.05) is 6.54 Å². The Bertz CT molecular complexity index is 144. The highest BCUT2D eigenvalue weighted by molar-refractivity contribution is 6.22. The number of hydrogen-bond acceptors (Lipinski definition) is 4. The number of hydroxylamine groups is 2. The van der Waals surface area contributed by atoms with Gasteiger partial charge in [0.2, 0.25) is 0 Å².